The summed E-state index contributed by atoms with van der Waals surface area (Å²) in [6.45, 7) is 0. The van der Waals surface area contributed by atoms with E-state index in [-0.39, 0.29) is 18.2 Å². The van der Waals surface area contributed by atoms with Gasteiger partial charge in [-0.15, -0.1) is 0 Å². The molecule has 3 aromatic carbocycles. The van der Waals surface area contributed by atoms with Gasteiger partial charge in [-0.3, -0.25) is 9.59 Å². The molecule has 0 aliphatic carbocycles. The summed E-state index contributed by atoms with van der Waals surface area (Å²) in [5.74, 6) is -0.776. The molecular weight excluding hydrogens is 455 g/mol. The van der Waals surface area contributed by atoms with Gasteiger partial charge in [0.05, 0.1) is 6.04 Å². The molecule has 31 heavy (non-hydrogen) atoms. The van der Waals surface area contributed by atoms with E-state index in [1.807, 2.05) is 36.4 Å². The van der Waals surface area contributed by atoms with Crippen LogP contribution in [0.3, 0.4) is 0 Å². The minimum Gasteiger partial charge on any atom is -0.348 e. The maximum Gasteiger partial charge on any atom is 0.238 e. The van der Waals surface area contributed by atoms with Crippen LogP contribution in [-0.2, 0) is 15.0 Å². The Morgan fingerprint density at radius 1 is 0.806 bits per heavy atom. The number of amides is 2. The van der Waals surface area contributed by atoms with Crippen LogP contribution < -0.4 is 10.6 Å². The lowest BCUT2D eigenvalue weighted by atomic mass is 9.59. The average molecular weight is 472 g/mol. The number of fused-ring (bicyclic) bond motifs is 2. The maximum absolute atomic E-state index is 13.8. The van der Waals surface area contributed by atoms with Gasteiger partial charge in [0.2, 0.25) is 11.8 Å². The summed E-state index contributed by atoms with van der Waals surface area (Å²) < 4.78 is 0. The number of anilines is 1. The molecule has 3 atom stereocenters. The molecule has 0 bridgehead atoms. The second kappa shape index (κ2) is 7.56. The summed E-state index contributed by atoms with van der Waals surface area (Å²) in [5.41, 5.74) is 1.92. The van der Waals surface area contributed by atoms with Crippen molar-refractivity contribution in [2.24, 2.45) is 0 Å². The molecular formula is C24H17Cl3N2O2. The number of piperidine rings is 1. The molecule has 156 valence electrons. The molecule has 1 saturated heterocycles. The molecule has 5 rings (SSSR count). The highest BCUT2D eigenvalue weighted by Crippen LogP contribution is 2.57. The standard InChI is InChI=1S/C24H17Cl3N2O2/c25-15-5-1-3-13(9-15)19-12-21(30)29-22(14-4-2-6-16(26)10-14)24(19)18-8-7-17(27)11-20(18)28-23(24)31/h1-11,19,22H,12H2,(H,28,31)(H,29,30)/t19-,22+,24-/m0/s1. The lowest BCUT2D eigenvalue weighted by Gasteiger charge is -2.46. The molecule has 7 heteroatoms. The number of rotatable bonds is 2. The van der Waals surface area contributed by atoms with E-state index < -0.39 is 17.4 Å². The molecule has 0 unspecified atom stereocenters. The van der Waals surface area contributed by atoms with E-state index in [2.05, 4.69) is 10.6 Å². The summed E-state index contributed by atoms with van der Waals surface area (Å²) in [6.07, 6.45) is 0.146. The van der Waals surface area contributed by atoms with E-state index in [4.69, 9.17) is 34.8 Å². The molecule has 1 fully saturated rings. The predicted molar refractivity (Wildman–Crippen MR) is 123 cm³/mol. The highest BCUT2D eigenvalue weighted by molar-refractivity contribution is 6.31. The Labute approximate surface area is 194 Å². The van der Waals surface area contributed by atoms with E-state index in [1.165, 1.54) is 0 Å². The van der Waals surface area contributed by atoms with E-state index in [0.717, 1.165) is 16.7 Å². The topological polar surface area (TPSA) is 58.2 Å². The smallest absolute Gasteiger partial charge is 0.238 e. The van der Waals surface area contributed by atoms with Gasteiger partial charge in [-0.2, -0.15) is 0 Å². The minimum absolute atomic E-state index is 0.143. The lowest BCUT2D eigenvalue weighted by molar-refractivity contribution is -0.131. The molecule has 2 N–H and O–H groups in total. The van der Waals surface area contributed by atoms with Gasteiger partial charge in [0, 0.05) is 33.1 Å². The van der Waals surface area contributed by atoms with Crippen molar-refractivity contribution >= 4 is 52.3 Å². The van der Waals surface area contributed by atoms with Crippen molar-refractivity contribution in [1.82, 2.24) is 5.32 Å². The van der Waals surface area contributed by atoms with Crippen LogP contribution in [0.2, 0.25) is 15.1 Å². The second-order valence-corrected chi connectivity index (χ2v) is 9.19. The Morgan fingerprint density at radius 3 is 2.16 bits per heavy atom. The molecule has 2 aliphatic heterocycles. The first-order valence-corrected chi connectivity index (χ1v) is 10.9. The van der Waals surface area contributed by atoms with Crippen LogP contribution in [0.25, 0.3) is 0 Å². The van der Waals surface area contributed by atoms with Crippen molar-refractivity contribution in [3.8, 4) is 0 Å². The van der Waals surface area contributed by atoms with Crippen LogP contribution in [0.1, 0.15) is 35.1 Å². The number of nitrogens with one attached hydrogen (secondary N) is 2. The lowest BCUT2D eigenvalue weighted by Crippen LogP contribution is -2.56. The van der Waals surface area contributed by atoms with Crippen molar-refractivity contribution in [3.63, 3.8) is 0 Å². The fraction of sp³-hybridized carbons (Fsp3) is 0.167. The Morgan fingerprint density at radius 2 is 1.45 bits per heavy atom. The number of hydrogen-bond donors (Lipinski definition) is 2. The molecule has 4 nitrogen and oxygen atoms in total. The van der Waals surface area contributed by atoms with Crippen LogP contribution >= 0.6 is 34.8 Å². The molecule has 0 radical (unpaired) electrons. The van der Waals surface area contributed by atoms with Crippen LogP contribution in [0.5, 0.6) is 0 Å². The summed E-state index contributed by atoms with van der Waals surface area (Å²) in [7, 11) is 0. The molecule has 0 saturated carbocycles. The first kappa shape index (κ1) is 20.4. The van der Waals surface area contributed by atoms with E-state index >= 15 is 0 Å². The molecule has 2 heterocycles. The zero-order valence-corrected chi connectivity index (χ0v) is 18.4. The number of carbonyl (C=O) groups is 2. The van der Waals surface area contributed by atoms with Crippen molar-refractivity contribution < 1.29 is 9.59 Å². The fourth-order valence-electron chi connectivity index (χ4n) is 4.98. The van der Waals surface area contributed by atoms with Crippen LogP contribution in [0.4, 0.5) is 5.69 Å². The highest BCUT2D eigenvalue weighted by Gasteiger charge is 2.61. The van der Waals surface area contributed by atoms with Gasteiger partial charge in [0.1, 0.15) is 5.41 Å². The van der Waals surface area contributed by atoms with Crippen molar-refractivity contribution in [2.75, 3.05) is 5.32 Å². The minimum atomic E-state index is -1.09. The molecule has 3 aromatic rings. The molecule has 2 amide bonds. The zero-order chi connectivity index (χ0) is 21.8. The van der Waals surface area contributed by atoms with Crippen LogP contribution in [0.15, 0.2) is 66.7 Å². The number of hydrogen-bond acceptors (Lipinski definition) is 2. The van der Waals surface area contributed by atoms with Gasteiger partial charge < -0.3 is 10.6 Å². The fourth-order valence-corrected chi connectivity index (χ4v) is 5.55. The Hall–Kier alpha value is -2.53. The normalized spacial score (nSPS) is 24.6. The van der Waals surface area contributed by atoms with Crippen molar-refractivity contribution in [3.05, 3.63) is 98.5 Å². The summed E-state index contributed by atoms with van der Waals surface area (Å²) >= 11 is 18.8. The largest absolute Gasteiger partial charge is 0.348 e. The Kier molecular flexibility index (Phi) is 4.97. The average Bonchev–Trinajstić information content (AvgIpc) is 3.01. The second-order valence-electron chi connectivity index (χ2n) is 7.88. The zero-order valence-electron chi connectivity index (χ0n) is 16.2. The monoisotopic (exact) mass is 470 g/mol. The molecule has 2 aliphatic rings. The van der Waals surface area contributed by atoms with E-state index in [1.54, 1.807) is 30.3 Å². The maximum atomic E-state index is 13.8. The van der Waals surface area contributed by atoms with Gasteiger partial charge in [0.15, 0.2) is 0 Å². The van der Waals surface area contributed by atoms with Gasteiger partial charge in [-0.05, 0) is 53.1 Å². The highest BCUT2D eigenvalue weighted by atomic mass is 35.5. The first-order valence-electron chi connectivity index (χ1n) is 9.81. The van der Waals surface area contributed by atoms with Gasteiger partial charge in [-0.25, -0.2) is 0 Å². The predicted octanol–water partition coefficient (Wildman–Crippen LogP) is 5.88. The quantitative estimate of drug-likeness (QED) is 0.490. The summed E-state index contributed by atoms with van der Waals surface area (Å²) in [4.78, 5) is 26.7. The van der Waals surface area contributed by atoms with E-state index in [0.29, 0.717) is 20.8 Å². The molecule has 0 aromatic heterocycles. The van der Waals surface area contributed by atoms with Crippen molar-refractivity contribution in [1.29, 1.82) is 0 Å². The first-order chi connectivity index (χ1) is 14.9. The Balaban J connectivity index is 1.81. The van der Waals surface area contributed by atoms with Gasteiger partial charge >= 0.3 is 0 Å². The van der Waals surface area contributed by atoms with E-state index in [9.17, 15) is 9.59 Å². The number of benzene rings is 3. The Bertz CT molecular complexity index is 1170. The third kappa shape index (κ3) is 3.21. The van der Waals surface area contributed by atoms with Crippen LogP contribution in [-0.4, -0.2) is 11.8 Å². The SMILES string of the molecule is O=C1C[C@@H](c2cccc(Cl)c2)[C@]2(C(=O)Nc3cc(Cl)ccc32)[C@@H](c2cccc(Cl)c2)N1. The summed E-state index contributed by atoms with van der Waals surface area (Å²) in [6, 6.07) is 19.3. The third-order valence-corrected chi connectivity index (χ3v) is 6.89. The third-order valence-electron chi connectivity index (χ3n) is 6.18. The van der Waals surface area contributed by atoms with Gasteiger partial charge in [-0.1, -0.05) is 65.1 Å². The summed E-state index contributed by atoms with van der Waals surface area (Å²) in [5, 5.41) is 7.67. The molecule has 1 spiro atoms. The number of carbonyl (C=O) groups excluding carboxylic acids is 2. The number of halogens is 3. The van der Waals surface area contributed by atoms with Crippen LogP contribution in [0, 0.1) is 0 Å². The van der Waals surface area contributed by atoms with Gasteiger partial charge in [0.25, 0.3) is 0 Å². The van der Waals surface area contributed by atoms with Crippen molar-refractivity contribution in [2.45, 2.75) is 23.8 Å².